The summed E-state index contributed by atoms with van der Waals surface area (Å²) < 4.78 is 6.94. The van der Waals surface area contributed by atoms with E-state index in [4.69, 9.17) is 4.74 Å². The van der Waals surface area contributed by atoms with E-state index >= 15 is 0 Å². The normalized spacial score (nSPS) is 14.2. The standard InChI is InChI=1S/C17H18BrNO/c18-15-8-14(11-19-16-6-7-16)9-17(10-15)20-12-13-4-2-1-3-5-13/h1-5,8-10,16,19H,6-7,11-12H2. The van der Waals surface area contributed by atoms with E-state index < -0.39 is 0 Å². The fourth-order valence-corrected chi connectivity index (χ4v) is 2.62. The zero-order valence-corrected chi connectivity index (χ0v) is 12.9. The van der Waals surface area contributed by atoms with Crippen molar-refractivity contribution in [3.63, 3.8) is 0 Å². The molecule has 0 bridgehead atoms. The minimum Gasteiger partial charge on any atom is -0.489 e. The Labute approximate surface area is 128 Å². The lowest BCUT2D eigenvalue weighted by atomic mass is 10.2. The average Bonchev–Trinajstić information content (AvgIpc) is 3.28. The summed E-state index contributed by atoms with van der Waals surface area (Å²) >= 11 is 3.55. The lowest BCUT2D eigenvalue weighted by molar-refractivity contribution is 0.305. The largest absolute Gasteiger partial charge is 0.489 e. The molecule has 0 unspecified atom stereocenters. The molecule has 104 valence electrons. The Morgan fingerprint density at radius 3 is 2.60 bits per heavy atom. The number of ether oxygens (including phenoxy) is 1. The van der Waals surface area contributed by atoms with Crippen molar-refractivity contribution < 1.29 is 4.74 Å². The minimum atomic E-state index is 0.604. The summed E-state index contributed by atoms with van der Waals surface area (Å²) in [5.41, 5.74) is 2.44. The van der Waals surface area contributed by atoms with Crippen molar-refractivity contribution in [1.82, 2.24) is 5.32 Å². The van der Waals surface area contributed by atoms with E-state index in [-0.39, 0.29) is 0 Å². The molecule has 1 saturated carbocycles. The van der Waals surface area contributed by atoms with Crippen LogP contribution in [0.25, 0.3) is 0 Å². The number of rotatable bonds is 6. The van der Waals surface area contributed by atoms with Gasteiger partial charge in [0.1, 0.15) is 12.4 Å². The molecule has 20 heavy (non-hydrogen) atoms. The van der Waals surface area contributed by atoms with Gasteiger partial charge in [-0.1, -0.05) is 46.3 Å². The summed E-state index contributed by atoms with van der Waals surface area (Å²) in [6.45, 7) is 1.51. The summed E-state index contributed by atoms with van der Waals surface area (Å²) in [7, 11) is 0. The number of nitrogens with one attached hydrogen (secondary N) is 1. The lowest BCUT2D eigenvalue weighted by Gasteiger charge is -2.10. The van der Waals surface area contributed by atoms with Crippen molar-refractivity contribution >= 4 is 15.9 Å². The van der Waals surface area contributed by atoms with Gasteiger partial charge in [-0.15, -0.1) is 0 Å². The van der Waals surface area contributed by atoms with Crippen LogP contribution in [0.5, 0.6) is 5.75 Å². The van der Waals surface area contributed by atoms with E-state index in [1.54, 1.807) is 0 Å². The lowest BCUT2D eigenvalue weighted by Crippen LogP contribution is -2.15. The predicted octanol–water partition coefficient (Wildman–Crippen LogP) is 4.28. The smallest absolute Gasteiger partial charge is 0.121 e. The molecule has 0 radical (unpaired) electrons. The van der Waals surface area contributed by atoms with E-state index in [0.717, 1.165) is 22.8 Å². The van der Waals surface area contributed by atoms with Gasteiger partial charge in [-0.3, -0.25) is 0 Å². The third-order valence-electron chi connectivity index (χ3n) is 3.35. The Balaban J connectivity index is 1.62. The molecule has 0 saturated heterocycles. The van der Waals surface area contributed by atoms with Gasteiger partial charge in [0.25, 0.3) is 0 Å². The number of hydrogen-bond donors (Lipinski definition) is 1. The molecule has 2 aromatic carbocycles. The zero-order valence-electron chi connectivity index (χ0n) is 11.3. The highest BCUT2D eigenvalue weighted by atomic mass is 79.9. The Kier molecular flexibility index (Phi) is 4.38. The molecule has 2 aromatic rings. The van der Waals surface area contributed by atoms with Crippen LogP contribution in [0.15, 0.2) is 53.0 Å². The van der Waals surface area contributed by atoms with Crippen LogP contribution in [-0.4, -0.2) is 6.04 Å². The van der Waals surface area contributed by atoms with Crippen LogP contribution in [0, 0.1) is 0 Å². The molecule has 1 fully saturated rings. The van der Waals surface area contributed by atoms with Crippen LogP contribution >= 0.6 is 15.9 Å². The van der Waals surface area contributed by atoms with Crippen molar-refractivity contribution in [3.8, 4) is 5.75 Å². The quantitative estimate of drug-likeness (QED) is 0.852. The van der Waals surface area contributed by atoms with Crippen molar-refractivity contribution in [1.29, 1.82) is 0 Å². The first-order valence-corrected chi connectivity index (χ1v) is 7.78. The van der Waals surface area contributed by atoms with Crippen LogP contribution in [-0.2, 0) is 13.2 Å². The fraction of sp³-hybridized carbons (Fsp3) is 0.294. The van der Waals surface area contributed by atoms with Gasteiger partial charge in [0.2, 0.25) is 0 Å². The Morgan fingerprint density at radius 1 is 1.05 bits per heavy atom. The number of benzene rings is 2. The summed E-state index contributed by atoms with van der Waals surface area (Å²) in [6, 6.07) is 17.2. The van der Waals surface area contributed by atoms with Crippen LogP contribution in [0.4, 0.5) is 0 Å². The van der Waals surface area contributed by atoms with E-state index in [0.29, 0.717) is 6.61 Å². The average molecular weight is 332 g/mol. The molecular formula is C17H18BrNO. The van der Waals surface area contributed by atoms with Crippen molar-refractivity contribution in [2.45, 2.75) is 32.0 Å². The molecule has 0 amide bonds. The highest BCUT2D eigenvalue weighted by Gasteiger charge is 2.20. The Hall–Kier alpha value is -1.32. The maximum atomic E-state index is 5.88. The molecule has 0 atom stereocenters. The van der Waals surface area contributed by atoms with Crippen LogP contribution in [0.3, 0.4) is 0 Å². The summed E-state index contributed by atoms with van der Waals surface area (Å²) in [4.78, 5) is 0. The molecule has 1 N–H and O–H groups in total. The van der Waals surface area contributed by atoms with Gasteiger partial charge in [-0.05, 0) is 42.2 Å². The zero-order chi connectivity index (χ0) is 13.8. The van der Waals surface area contributed by atoms with Crippen LogP contribution in [0.1, 0.15) is 24.0 Å². The van der Waals surface area contributed by atoms with Crippen molar-refractivity contribution in [3.05, 3.63) is 64.1 Å². The SMILES string of the molecule is Brc1cc(CNC2CC2)cc(OCc2ccccc2)c1. The summed E-state index contributed by atoms with van der Waals surface area (Å²) in [6.07, 6.45) is 2.62. The van der Waals surface area contributed by atoms with E-state index in [1.807, 2.05) is 24.3 Å². The van der Waals surface area contributed by atoms with Gasteiger partial charge in [-0.25, -0.2) is 0 Å². The first-order valence-electron chi connectivity index (χ1n) is 6.99. The van der Waals surface area contributed by atoms with Crippen molar-refractivity contribution in [2.75, 3.05) is 0 Å². The molecule has 3 rings (SSSR count). The monoisotopic (exact) mass is 331 g/mol. The van der Waals surface area contributed by atoms with Crippen LogP contribution < -0.4 is 10.1 Å². The Bertz CT molecular complexity index is 566. The van der Waals surface area contributed by atoms with E-state index in [2.05, 4.69) is 45.5 Å². The molecule has 3 heteroatoms. The highest BCUT2D eigenvalue weighted by molar-refractivity contribution is 9.10. The van der Waals surface area contributed by atoms with E-state index in [9.17, 15) is 0 Å². The van der Waals surface area contributed by atoms with Gasteiger partial charge in [0, 0.05) is 17.1 Å². The Morgan fingerprint density at radius 2 is 1.85 bits per heavy atom. The second kappa shape index (κ2) is 6.42. The molecule has 1 aliphatic carbocycles. The minimum absolute atomic E-state index is 0.604. The second-order valence-electron chi connectivity index (χ2n) is 5.22. The molecule has 2 nitrogen and oxygen atoms in total. The predicted molar refractivity (Wildman–Crippen MR) is 84.8 cm³/mol. The van der Waals surface area contributed by atoms with Gasteiger partial charge in [0.05, 0.1) is 0 Å². The van der Waals surface area contributed by atoms with Gasteiger partial charge >= 0.3 is 0 Å². The van der Waals surface area contributed by atoms with Gasteiger partial charge in [-0.2, -0.15) is 0 Å². The second-order valence-corrected chi connectivity index (χ2v) is 6.14. The molecule has 0 aliphatic heterocycles. The molecule has 1 aliphatic rings. The molecular weight excluding hydrogens is 314 g/mol. The fourth-order valence-electron chi connectivity index (χ4n) is 2.10. The number of halogens is 1. The molecule has 0 heterocycles. The molecule has 0 aromatic heterocycles. The molecule has 0 spiro atoms. The summed E-state index contributed by atoms with van der Waals surface area (Å²) in [5.74, 6) is 0.913. The van der Waals surface area contributed by atoms with Crippen LogP contribution in [0.2, 0.25) is 0 Å². The van der Waals surface area contributed by atoms with E-state index in [1.165, 1.54) is 24.0 Å². The van der Waals surface area contributed by atoms with Gasteiger partial charge < -0.3 is 10.1 Å². The third kappa shape index (κ3) is 4.09. The summed E-state index contributed by atoms with van der Waals surface area (Å²) in [5, 5.41) is 3.52. The first kappa shape index (κ1) is 13.7. The third-order valence-corrected chi connectivity index (χ3v) is 3.81. The van der Waals surface area contributed by atoms with Gasteiger partial charge in [0.15, 0.2) is 0 Å². The number of hydrogen-bond acceptors (Lipinski definition) is 2. The van der Waals surface area contributed by atoms with Crippen molar-refractivity contribution in [2.24, 2.45) is 0 Å². The topological polar surface area (TPSA) is 21.3 Å². The maximum absolute atomic E-state index is 5.88. The maximum Gasteiger partial charge on any atom is 0.121 e. The first-order chi connectivity index (χ1) is 9.79. The highest BCUT2D eigenvalue weighted by Crippen LogP contribution is 2.24.